The summed E-state index contributed by atoms with van der Waals surface area (Å²) in [5.74, 6) is -0.918. The molecule has 0 aliphatic carbocycles. The number of carbonyl (C=O) groups excluding carboxylic acids is 1. The molecule has 108 valence electrons. The molecule has 0 radical (unpaired) electrons. The van der Waals surface area contributed by atoms with Crippen molar-refractivity contribution in [3.8, 4) is 0 Å². The molecule has 0 atom stereocenters. The largest absolute Gasteiger partial charge is 0.478 e. The van der Waals surface area contributed by atoms with Gasteiger partial charge in [0.1, 0.15) is 0 Å². The predicted octanol–water partition coefficient (Wildman–Crippen LogP) is 3.13. The monoisotopic (exact) mass is 296 g/mol. The molecular formula is C15H17ClO4. The zero-order chi connectivity index (χ0) is 15.0. The average Bonchev–Trinajstić information content (AvgIpc) is 2.43. The highest BCUT2D eigenvalue weighted by Crippen LogP contribution is 2.17. The second kappa shape index (κ2) is 8.38. The molecule has 1 rings (SSSR count). The third-order valence-corrected chi connectivity index (χ3v) is 2.91. The fourth-order valence-electron chi connectivity index (χ4n) is 1.74. The van der Waals surface area contributed by atoms with E-state index in [1.807, 2.05) is 0 Å². The van der Waals surface area contributed by atoms with Crippen LogP contribution in [0.15, 0.2) is 24.3 Å². The van der Waals surface area contributed by atoms with Gasteiger partial charge in [0.25, 0.3) is 0 Å². The first kappa shape index (κ1) is 16.2. The van der Waals surface area contributed by atoms with Crippen molar-refractivity contribution in [2.24, 2.45) is 0 Å². The summed E-state index contributed by atoms with van der Waals surface area (Å²) in [7, 11) is 0. The molecule has 0 aromatic heterocycles. The number of carbonyl (C=O) groups is 2. The van der Waals surface area contributed by atoms with Gasteiger partial charge in [0.2, 0.25) is 0 Å². The van der Waals surface area contributed by atoms with E-state index in [4.69, 9.17) is 21.4 Å². The molecule has 0 amide bonds. The van der Waals surface area contributed by atoms with Crippen LogP contribution in [0.3, 0.4) is 0 Å². The molecule has 0 spiro atoms. The van der Waals surface area contributed by atoms with Crippen LogP contribution in [-0.2, 0) is 16.0 Å². The molecule has 1 aromatic carbocycles. The molecule has 0 fully saturated rings. The third-order valence-electron chi connectivity index (χ3n) is 2.64. The zero-order valence-electron chi connectivity index (χ0n) is 11.3. The zero-order valence-corrected chi connectivity index (χ0v) is 12.0. The van der Waals surface area contributed by atoms with Gasteiger partial charge in [-0.25, -0.2) is 9.59 Å². The first-order valence-electron chi connectivity index (χ1n) is 6.35. The van der Waals surface area contributed by atoms with Gasteiger partial charge >= 0.3 is 11.9 Å². The summed E-state index contributed by atoms with van der Waals surface area (Å²) in [6.45, 7) is 2.03. The average molecular weight is 297 g/mol. The minimum atomic E-state index is -1.03. The lowest BCUT2D eigenvalue weighted by Crippen LogP contribution is -2.05. The Hall–Kier alpha value is -1.81. The van der Waals surface area contributed by atoms with Crippen molar-refractivity contribution in [2.75, 3.05) is 12.5 Å². The first-order valence-corrected chi connectivity index (χ1v) is 6.89. The lowest BCUT2D eigenvalue weighted by Gasteiger charge is -2.08. The molecular weight excluding hydrogens is 280 g/mol. The fourth-order valence-corrected chi connectivity index (χ4v) is 1.87. The Morgan fingerprint density at radius 3 is 2.75 bits per heavy atom. The normalized spacial score (nSPS) is 10.7. The number of carboxylic acids is 1. The van der Waals surface area contributed by atoms with Gasteiger partial charge in [-0.3, -0.25) is 0 Å². The summed E-state index contributed by atoms with van der Waals surface area (Å²) in [5.41, 5.74) is 2.06. The van der Waals surface area contributed by atoms with E-state index in [1.54, 1.807) is 25.1 Å². The number of esters is 1. The lowest BCUT2D eigenvalue weighted by atomic mass is 10.00. The standard InChI is InChI=1S/C15H17ClO4/c1-2-20-15(19)13-6-5-11(4-3-9-16)12(10-13)7-8-14(17)18/h5-8,10H,2-4,9H2,1H3,(H,17,18)/b8-7+. The molecule has 0 aliphatic heterocycles. The molecule has 0 unspecified atom stereocenters. The second-order valence-corrected chi connectivity index (χ2v) is 4.48. The van der Waals surface area contributed by atoms with Crippen molar-refractivity contribution in [1.82, 2.24) is 0 Å². The quantitative estimate of drug-likeness (QED) is 0.477. The number of ether oxygens (including phenoxy) is 1. The van der Waals surface area contributed by atoms with Crippen molar-refractivity contribution in [3.63, 3.8) is 0 Å². The van der Waals surface area contributed by atoms with Crippen LogP contribution >= 0.6 is 11.6 Å². The highest BCUT2D eigenvalue weighted by molar-refractivity contribution is 6.17. The molecule has 0 bridgehead atoms. The van der Waals surface area contributed by atoms with Crippen molar-refractivity contribution in [2.45, 2.75) is 19.8 Å². The van der Waals surface area contributed by atoms with Gasteiger partial charge in [0.15, 0.2) is 0 Å². The Morgan fingerprint density at radius 2 is 2.15 bits per heavy atom. The van der Waals surface area contributed by atoms with Crippen molar-refractivity contribution < 1.29 is 19.4 Å². The summed E-state index contributed by atoms with van der Waals surface area (Å²) < 4.78 is 4.93. The van der Waals surface area contributed by atoms with Crippen LogP contribution < -0.4 is 0 Å². The maximum absolute atomic E-state index is 11.7. The van der Waals surface area contributed by atoms with Gasteiger partial charge in [-0.2, -0.15) is 0 Å². The summed E-state index contributed by atoms with van der Waals surface area (Å²) in [5, 5.41) is 8.70. The van der Waals surface area contributed by atoms with Crippen LogP contribution in [0.4, 0.5) is 0 Å². The highest BCUT2D eigenvalue weighted by Gasteiger charge is 2.09. The highest BCUT2D eigenvalue weighted by atomic mass is 35.5. The third kappa shape index (κ3) is 5.05. The van der Waals surface area contributed by atoms with E-state index in [1.165, 1.54) is 6.08 Å². The number of aryl methyl sites for hydroxylation is 1. The Labute approximate surface area is 123 Å². The predicted molar refractivity (Wildman–Crippen MR) is 78.1 cm³/mol. The number of rotatable bonds is 7. The van der Waals surface area contributed by atoms with Crippen molar-refractivity contribution in [3.05, 3.63) is 41.0 Å². The van der Waals surface area contributed by atoms with Gasteiger partial charge in [-0.1, -0.05) is 6.07 Å². The number of hydrogen-bond acceptors (Lipinski definition) is 3. The molecule has 0 aliphatic rings. The molecule has 20 heavy (non-hydrogen) atoms. The van der Waals surface area contributed by atoms with Gasteiger partial charge < -0.3 is 9.84 Å². The fraction of sp³-hybridized carbons (Fsp3) is 0.333. The topological polar surface area (TPSA) is 63.6 Å². The van der Waals surface area contributed by atoms with Crippen LogP contribution in [-0.4, -0.2) is 29.5 Å². The number of halogens is 1. The molecule has 0 saturated carbocycles. The number of aliphatic carboxylic acids is 1. The van der Waals surface area contributed by atoms with Crippen molar-refractivity contribution in [1.29, 1.82) is 0 Å². The number of benzene rings is 1. The van der Waals surface area contributed by atoms with E-state index < -0.39 is 11.9 Å². The Bertz CT molecular complexity index is 509. The van der Waals surface area contributed by atoms with E-state index in [2.05, 4.69) is 0 Å². The van der Waals surface area contributed by atoms with Gasteiger partial charge in [0.05, 0.1) is 12.2 Å². The van der Waals surface area contributed by atoms with Crippen LogP contribution in [0.5, 0.6) is 0 Å². The summed E-state index contributed by atoms with van der Waals surface area (Å²) in [6.07, 6.45) is 4.04. The maximum Gasteiger partial charge on any atom is 0.338 e. The Kier molecular flexibility index (Phi) is 6.81. The smallest absolute Gasteiger partial charge is 0.338 e. The summed E-state index contributed by atoms with van der Waals surface area (Å²) in [6, 6.07) is 5.13. The van der Waals surface area contributed by atoms with E-state index in [9.17, 15) is 9.59 Å². The Balaban J connectivity index is 3.07. The van der Waals surface area contributed by atoms with Crippen LogP contribution in [0.25, 0.3) is 6.08 Å². The van der Waals surface area contributed by atoms with Crippen molar-refractivity contribution >= 4 is 29.6 Å². The number of hydrogen-bond donors (Lipinski definition) is 1. The minimum absolute atomic E-state index is 0.299. The molecule has 4 nitrogen and oxygen atoms in total. The second-order valence-electron chi connectivity index (χ2n) is 4.10. The van der Waals surface area contributed by atoms with Crippen LogP contribution in [0.2, 0.25) is 0 Å². The maximum atomic E-state index is 11.7. The Morgan fingerprint density at radius 1 is 1.40 bits per heavy atom. The summed E-state index contributed by atoms with van der Waals surface area (Å²) in [4.78, 5) is 22.3. The lowest BCUT2D eigenvalue weighted by molar-refractivity contribution is -0.131. The minimum Gasteiger partial charge on any atom is -0.478 e. The molecule has 1 N–H and O–H groups in total. The van der Waals surface area contributed by atoms with Gasteiger partial charge in [0, 0.05) is 12.0 Å². The number of carboxylic acid groups (broad SMARTS) is 1. The van der Waals surface area contributed by atoms with E-state index in [0.29, 0.717) is 23.6 Å². The molecule has 1 aromatic rings. The van der Waals surface area contributed by atoms with E-state index in [0.717, 1.165) is 24.5 Å². The van der Waals surface area contributed by atoms with Gasteiger partial charge in [-0.15, -0.1) is 11.6 Å². The van der Waals surface area contributed by atoms with E-state index in [-0.39, 0.29) is 0 Å². The number of alkyl halides is 1. The first-order chi connectivity index (χ1) is 9.58. The van der Waals surface area contributed by atoms with Gasteiger partial charge in [-0.05, 0) is 49.1 Å². The van der Waals surface area contributed by atoms with Crippen LogP contribution in [0.1, 0.15) is 34.8 Å². The SMILES string of the molecule is CCOC(=O)c1ccc(CCCCl)c(/C=C/C(=O)O)c1. The van der Waals surface area contributed by atoms with E-state index >= 15 is 0 Å². The molecule has 0 saturated heterocycles. The van der Waals surface area contributed by atoms with Crippen LogP contribution in [0, 0.1) is 0 Å². The molecule has 0 heterocycles. The summed E-state index contributed by atoms with van der Waals surface area (Å²) >= 11 is 5.67. The molecule has 5 heteroatoms.